The number of unbranched alkanes of at least 4 members (excludes halogenated alkanes) is 3. The number of hydrogen-bond acceptors (Lipinski definition) is 4. The van der Waals surface area contributed by atoms with Crippen LogP contribution >= 0.6 is 11.6 Å². The van der Waals surface area contributed by atoms with Gasteiger partial charge in [0.25, 0.3) is 0 Å². The first-order valence-electron chi connectivity index (χ1n) is 6.34. The fraction of sp³-hybridized carbons (Fsp3) is 0.917. The topological polar surface area (TPSA) is 56.8 Å². The van der Waals surface area contributed by atoms with Crippen LogP contribution in [0.4, 0.5) is 4.79 Å². The highest BCUT2D eigenvalue weighted by Gasteiger charge is 1.96. The average molecular weight is 282 g/mol. The van der Waals surface area contributed by atoms with E-state index in [-0.39, 0.29) is 0 Å². The van der Waals surface area contributed by atoms with Crippen molar-refractivity contribution in [3.05, 3.63) is 0 Å². The molecule has 0 atom stereocenters. The standard InChI is InChI=1S/C12H24ClNO4/c1-16-12(15)14-7-9-18-11-10-17-8-5-3-2-4-6-13/h2-11H2,1H3,(H,14,15). The lowest BCUT2D eigenvalue weighted by Gasteiger charge is -2.06. The quantitative estimate of drug-likeness (QED) is 0.440. The summed E-state index contributed by atoms with van der Waals surface area (Å²) in [6, 6.07) is 0. The van der Waals surface area contributed by atoms with E-state index in [2.05, 4.69) is 10.1 Å². The molecule has 0 saturated carbocycles. The van der Waals surface area contributed by atoms with E-state index in [0.717, 1.165) is 31.7 Å². The van der Waals surface area contributed by atoms with Crippen molar-refractivity contribution in [1.29, 1.82) is 0 Å². The number of methoxy groups -OCH3 is 1. The van der Waals surface area contributed by atoms with E-state index in [4.69, 9.17) is 21.1 Å². The van der Waals surface area contributed by atoms with E-state index in [1.54, 1.807) is 0 Å². The highest BCUT2D eigenvalue weighted by Crippen LogP contribution is 2.00. The fourth-order valence-electron chi connectivity index (χ4n) is 1.27. The lowest BCUT2D eigenvalue weighted by Crippen LogP contribution is -2.27. The van der Waals surface area contributed by atoms with Gasteiger partial charge in [-0.15, -0.1) is 11.6 Å². The van der Waals surface area contributed by atoms with E-state index in [1.807, 2.05) is 0 Å². The Hall–Kier alpha value is -0.520. The number of alkyl carbamates (subject to hydrolysis) is 1. The van der Waals surface area contributed by atoms with Crippen LogP contribution < -0.4 is 5.32 Å². The molecule has 6 heteroatoms. The molecule has 0 heterocycles. The minimum Gasteiger partial charge on any atom is -0.453 e. The normalized spacial score (nSPS) is 10.3. The summed E-state index contributed by atoms with van der Waals surface area (Å²) in [5.74, 6) is 0.744. The van der Waals surface area contributed by atoms with Gasteiger partial charge in [-0.3, -0.25) is 0 Å². The molecule has 0 aliphatic rings. The number of hydrogen-bond donors (Lipinski definition) is 1. The second kappa shape index (κ2) is 14.5. The molecule has 1 amide bonds. The number of carbonyl (C=O) groups is 1. The Morgan fingerprint density at radius 2 is 1.67 bits per heavy atom. The molecular weight excluding hydrogens is 258 g/mol. The van der Waals surface area contributed by atoms with E-state index >= 15 is 0 Å². The highest BCUT2D eigenvalue weighted by molar-refractivity contribution is 6.17. The Morgan fingerprint density at radius 1 is 1.00 bits per heavy atom. The zero-order chi connectivity index (χ0) is 13.5. The van der Waals surface area contributed by atoms with Crippen LogP contribution in [-0.4, -0.2) is 52.1 Å². The molecule has 0 rings (SSSR count). The van der Waals surface area contributed by atoms with Crippen LogP contribution in [0.3, 0.4) is 0 Å². The SMILES string of the molecule is COC(=O)NCCOCCOCCCCCCCl. The smallest absolute Gasteiger partial charge is 0.406 e. The van der Waals surface area contributed by atoms with Gasteiger partial charge in [-0.1, -0.05) is 12.8 Å². The molecule has 0 aromatic heterocycles. The third-order valence-corrected chi connectivity index (χ3v) is 2.51. The van der Waals surface area contributed by atoms with Gasteiger partial charge < -0.3 is 19.5 Å². The third-order valence-electron chi connectivity index (χ3n) is 2.25. The van der Waals surface area contributed by atoms with Crippen LogP contribution in [0.1, 0.15) is 25.7 Å². The summed E-state index contributed by atoms with van der Waals surface area (Å²) in [5.41, 5.74) is 0. The Kier molecular flexibility index (Phi) is 14.1. The van der Waals surface area contributed by atoms with Crippen molar-refractivity contribution in [2.75, 3.05) is 46.0 Å². The first-order chi connectivity index (χ1) is 8.81. The van der Waals surface area contributed by atoms with Gasteiger partial charge in [-0.2, -0.15) is 0 Å². The van der Waals surface area contributed by atoms with Gasteiger partial charge in [0.1, 0.15) is 0 Å². The molecule has 1 N–H and O–H groups in total. The Labute approximate surface area is 114 Å². The second-order valence-corrected chi connectivity index (χ2v) is 4.12. The van der Waals surface area contributed by atoms with Crippen LogP contribution in [0.5, 0.6) is 0 Å². The van der Waals surface area contributed by atoms with Crippen LogP contribution in [-0.2, 0) is 14.2 Å². The molecule has 0 radical (unpaired) electrons. The zero-order valence-corrected chi connectivity index (χ0v) is 11.8. The molecule has 0 aromatic carbocycles. The van der Waals surface area contributed by atoms with E-state index < -0.39 is 6.09 Å². The Bertz CT molecular complexity index is 193. The zero-order valence-electron chi connectivity index (χ0n) is 11.1. The molecule has 5 nitrogen and oxygen atoms in total. The Morgan fingerprint density at radius 3 is 2.33 bits per heavy atom. The summed E-state index contributed by atoms with van der Waals surface area (Å²) in [7, 11) is 1.33. The van der Waals surface area contributed by atoms with E-state index in [9.17, 15) is 4.79 Å². The molecule has 0 aromatic rings. The average Bonchev–Trinajstić information content (AvgIpc) is 2.39. The molecule has 18 heavy (non-hydrogen) atoms. The number of halogens is 1. The van der Waals surface area contributed by atoms with Crippen molar-refractivity contribution in [1.82, 2.24) is 5.32 Å². The predicted molar refractivity (Wildman–Crippen MR) is 71.2 cm³/mol. The minimum absolute atomic E-state index is 0.438. The minimum atomic E-state index is -0.438. The summed E-state index contributed by atoms with van der Waals surface area (Å²) >= 11 is 5.57. The summed E-state index contributed by atoms with van der Waals surface area (Å²) < 4.78 is 15.1. The van der Waals surface area contributed by atoms with Crippen LogP contribution in [0.15, 0.2) is 0 Å². The van der Waals surface area contributed by atoms with Crippen molar-refractivity contribution in [3.63, 3.8) is 0 Å². The number of rotatable bonds is 12. The van der Waals surface area contributed by atoms with Gasteiger partial charge >= 0.3 is 6.09 Å². The highest BCUT2D eigenvalue weighted by atomic mass is 35.5. The predicted octanol–water partition coefficient (Wildman–Crippen LogP) is 2.17. The maximum atomic E-state index is 10.7. The maximum Gasteiger partial charge on any atom is 0.406 e. The van der Waals surface area contributed by atoms with Gasteiger partial charge in [0.05, 0.1) is 26.9 Å². The molecule has 0 bridgehead atoms. The van der Waals surface area contributed by atoms with E-state index in [0.29, 0.717) is 26.4 Å². The van der Waals surface area contributed by atoms with Crippen LogP contribution in [0.25, 0.3) is 0 Å². The molecule has 0 aliphatic heterocycles. The maximum absolute atomic E-state index is 10.7. The first-order valence-corrected chi connectivity index (χ1v) is 6.88. The summed E-state index contributed by atoms with van der Waals surface area (Å²) in [6.07, 6.45) is 4.05. The monoisotopic (exact) mass is 281 g/mol. The Balaban J connectivity index is 2.97. The van der Waals surface area contributed by atoms with Gasteiger partial charge in [0.2, 0.25) is 0 Å². The van der Waals surface area contributed by atoms with Crippen molar-refractivity contribution < 1.29 is 19.0 Å². The van der Waals surface area contributed by atoms with Gasteiger partial charge in [0, 0.05) is 19.0 Å². The molecule has 0 aliphatic carbocycles. The molecule has 0 unspecified atom stereocenters. The van der Waals surface area contributed by atoms with Crippen molar-refractivity contribution in [2.45, 2.75) is 25.7 Å². The van der Waals surface area contributed by atoms with Gasteiger partial charge in [-0.05, 0) is 12.8 Å². The van der Waals surface area contributed by atoms with Crippen molar-refractivity contribution in [3.8, 4) is 0 Å². The molecule has 0 saturated heterocycles. The van der Waals surface area contributed by atoms with Crippen molar-refractivity contribution in [2.24, 2.45) is 0 Å². The molecule has 0 spiro atoms. The molecule has 0 fully saturated rings. The molecule has 108 valence electrons. The summed E-state index contributed by atoms with van der Waals surface area (Å²) in [6.45, 7) is 2.82. The van der Waals surface area contributed by atoms with Gasteiger partial charge in [-0.25, -0.2) is 4.79 Å². The lowest BCUT2D eigenvalue weighted by atomic mass is 10.2. The first kappa shape index (κ1) is 17.5. The van der Waals surface area contributed by atoms with Crippen molar-refractivity contribution >= 4 is 17.7 Å². The molecular formula is C12H24ClNO4. The third kappa shape index (κ3) is 13.5. The summed E-state index contributed by atoms with van der Waals surface area (Å²) in [5, 5.41) is 2.53. The number of alkyl halides is 1. The largest absolute Gasteiger partial charge is 0.453 e. The number of carbonyl (C=O) groups excluding carboxylic acids is 1. The fourth-order valence-corrected chi connectivity index (χ4v) is 1.46. The number of nitrogens with one attached hydrogen (secondary N) is 1. The second-order valence-electron chi connectivity index (χ2n) is 3.75. The van der Waals surface area contributed by atoms with E-state index in [1.165, 1.54) is 13.5 Å². The van der Waals surface area contributed by atoms with Gasteiger partial charge in [0.15, 0.2) is 0 Å². The van der Waals surface area contributed by atoms with Crippen LogP contribution in [0.2, 0.25) is 0 Å². The summed E-state index contributed by atoms with van der Waals surface area (Å²) in [4.78, 5) is 10.7. The lowest BCUT2D eigenvalue weighted by molar-refractivity contribution is 0.0472. The van der Waals surface area contributed by atoms with Crippen LogP contribution in [0, 0.1) is 0 Å². The number of ether oxygens (including phenoxy) is 3. The number of amides is 1.